The van der Waals surface area contributed by atoms with Crippen molar-refractivity contribution in [1.82, 2.24) is 0 Å². The monoisotopic (exact) mass is 221 g/mol. The van der Waals surface area contributed by atoms with Crippen molar-refractivity contribution in [2.24, 2.45) is 5.92 Å². The molecule has 0 amide bonds. The van der Waals surface area contributed by atoms with Crippen LogP contribution in [-0.4, -0.2) is 31.3 Å². The molecule has 4 heteroatoms. The van der Waals surface area contributed by atoms with E-state index in [9.17, 15) is 4.79 Å². The largest absolute Gasteiger partial charge is 0.495 e. The summed E-state index contributed by atoms with van der Waals surface area (Å²) in [6.07, 6.45) is 0.712. The first kappa shape index (κ1) is 10.8. The molecule has 0 aromatic heterocycles. The van der Waals surface area contributed by atoms with Gasteiger partial charge in [0.05, 0.1) is 18.7 Å². The van der Waals surface area contributed by atoms with E-state index in [4.69, 9.17) is 9.84 Å². The van der Waals surface area contributed by atoms with Crippen LogP contribution in [0, 0.1) is 5.92 Å². The fourth-order valence-corrected chi connectivity index (χ4v) is 1.97. The van der Waals surface area contributed by atoms with E-state index in [1.165, 1.54) is 0 Å². The van der Waals surface area contributed by atoms with Crippen LogP contribution in [0.4, 0.5) is 5.69 Å². The molecule has 0 radical (unpaired) electrons. The predicted molar refractivity (Wildman–Crippen MR) is 60.9 cm³/mol. The lowest BCUT2D eigenvalue weighted by molar-refractivity contribution is -0.138. The fourth-order valence-electron chi connectivity index (χ4n) is 1.97. The van der Waals surface area contributed by atoms with E-state index in [-0.39, 0.29) is 12.0 Å². The standard InChI is InChI=1S/C12H15NO3/c1-13(10-7-8(10)12(14)15)9-5-3-4-6-11(9)16-2/h3-6,8,10H,7H2,1-2H3,(H,14,15). The quantitative estimate of drug-likeness (QED) is 0.839. The van der Waals surface area contributed by atoms with Crippen LogP contribution in [0.2, 0.25) is 0 Å². The summed E-state index contributed by atoms with van der Waals surface area (Å²) < 4.78 is 5.25. The van der Waals surface area contributed by atoms with Gasteiger partial charge in [-0.15, -0.1) is 0 Å². The Kier molecular flexibility index (Phi) is 2.73. The fraction of sp³-hybridized carbons (Fsp3) is 0.417. The number of carbonyl (C=O) groups is 1. The van der Waals surface area contributed by atoms with Gasteiger partial charge in [-0.1, -0.05) is 12.1 Å². The molecule has 16 heavy (non-hydrogen) atoms. The molecule has 1 fully saturated rings. The first-order chi connectivity index (χ1) is 7.65. The maximum atomic E-state index is 10.8. The molecule has 2 rings (SSSR count). The molecule has 1 aromatic rings. The number of carboxylic acid groups (broad SMARTS) is 1. The average Bonchev–Trinajstić information content (AvgIpc) is 3.08. The number of hydrogen-bond acceptors (Lipinski definition) is 3. The second kappa shape index (κ2) is 4.04. The van der Waals surface area contributed by atoms with Crippen LogP contribution in [0.1, 0.15) is 6.42 Å². The Morgan fingerprint density at radius 2 is 2.19 bits per heavy atom. The van der Waals surface area contributed by atoms with Crippen LogP contribution in [0.15, 0.2) is 24.3 Å². The highest BCUT2D eigenvalue weighted by atomic mass is 16.5. The van der Waals surface area contributed by atoms with E-state index >= 15 is 0 Å². The number of methoxy groups -OCH3 is 1. The number of nitrogens with zero attached hydrogens (tertiary/aromatic N) is 1. The topological polar surface area (TPSA) is 49.8 Å². The number of benzene rings is 1. The van der Waals surface area contributed by atoms with Gasteiger partial charge in [0, 0.05) is 13.1 Å². The lowest BCUT2D eigenvalue weighted by Gasteiger charge is -2.21. The van der Waals surface area contributed by atoms with Crippen LogP contribution in [0.25, 0.3) is 0 Å². The highest BCUT2D eigenvalue weighted by Crippen LogP contribution is 2.40. The number of aliphatic carboxylic acids is 1. The van der Waals surface area contributed by atoms with Gasteiger partial charge < -0.3 is 14.7 Å². The Morgan fingerprint density at radius 3 is 2.75 bits per heavy atom. The van der Waals surface area contributed by atoms with Crippen molar-refractivity contribution in [3.63, 3.8) is 0 Å². The van der Waals surface area contributed by atoms with Gasteiger partial charge in [-0.3, -0.25) is 4.79 Å². The Morgan fingerprint density at radius 1 is 1.50 bits per heavy atom. The van der Waals surface area contributed by atoms with Crippen molar-refractivity contribution in [2.75, 3.05) is 19.1 Å². The molecule has 1 aliphatic rings. The second-order valence-corrected chi connectivity index (χ2v) is 4.03. The van der Waals surface area contributed by atoms with E-state index in [0.29, 0.717) is 6.42 Å². The molecule has 4 nitrogen and oxygen atoms in total. The molecule has 0 aliphatic heterocycles. The van der Waals surface area contributed by atoms with Gasteiger partial charge >= 0.3 is 5.97 Å². The SMILES string of the molecule is COc1ccccc1N(C)C1CC1C(=O)O. The van der Waals surface area contributed by atoms with Crippen LogP contribution in [0.3, 0.4) is 0 Å². The Hall–Kier alpha value is -1.71. The Labute approximate surface area is 94.4 Å². The van der Waals surface area contributed by atoms with Gasteiger partial charge in [0.2, 0.25) is 0 Å². The number of anilines is 1. The summed E-state index contributed by atoms with van der Waals surface area (Å²) in [5, 5.41) is 8.89. The van der Waals surface area contributed by atoms with Crippen LogP contribution in [0.5, 0.6) is 5.75 Å². The molecule has 2 atom stereocenters. The van der Waals surface area contributed by atoms with Crippen molar-refractivity contribution in [2.45, 2.75) is 12.5 Å². The summed E-state index contributed by atoms with van der Waals surface area (Å²) in [6, 6.07) is 7.73. The number of para-hydroxylation sites is 2. The molecular weight excluding hydrogens is 206 g/mol. The highest BCUT2D eigenvalue weighted by Gasteiger charge is 2.46. The molecule has 0 saturated heterocycles. The van der Waals surface area contributed by atoms with Crippen molar-refractivity contribution >= 4 is 11.7 Å². The minimum absolute atomic E-state index is 0.0915. The minimum atomic E-state index is -0.716. The zero-order valence-corrected chi connectivity index (χ0v) is 9.38. The van der Waals surface area contributed by atoms with E-state index < -0.39 is 5.97 Å². The lowest BCUT2D eigenvalue weighted by atomic mass is 10.2. The molecule has 1 saturated carbocycles. The second-order valence-electron chi connectivity index (χ2n) is 4.03. The molecule has 0 bridgehead atoms. The van der Waals surface area contributed by atoms with Gasteiger partial charge in [0.15, 0.2) is 0 Å². The average molecular weight is 221 g/mol. The minimum Gasteiger partial charge on any atom is -0.495 e. The van der Waals surface area contributed by atoms with Gasteiger partial charge in [-0.05, 0) is 18.6 Å². The van der Waals surface area contributed by atoms with Crippen molar-refractivity contribution in [1.29, 1.82) is 0 Å². The molecular formula is C12H15NO3. The van der Waals surface area contributed by atoms with E-state index in [2.05, 4.69) is 0 Å². The predicted octanol–water partition coefficient (Wildman–Crippen LogP) is 1.60. The molecule has 1 N–H and O–H groups in total. The Bertz CT molecular complexity index is 405. The highest BCUT2D eigenvalue weighted by molar-refractivity contribution is 5.76. The van der Waals surface area contributed by atoms with Crippen LogP contribution >= 0.6 is 0 Å². The van der Waals surface area contributed by atoms with Gasteiger partial charge in [0.25, 0.3) is 0 Å². The third kappa shape index (κ3) is 1.83. The van der Waals surface area contributed by atoms with Crippen LogP contribution < -0.4 is 9.64 Å². The molecule has 1 aromatic carbocycles. The number of carboxylic acids is 1. The van der Waals surface area contributed by atoms with Gasteiger partial charge in [0.1, 0.15) is 5.75 Å². The van der Waals surface area contributed by atoms with E-state index in [1.54, 1.807) is 7.11 Å². The Balaban J connectivity index is 2.16. The van der Waals surface area contributed by atoms with E-state index in [0.717, 1.165) is 11.4 Å². The number of ether oxygens (including phenoxy) is 1. The van der Waals surface area contributed by atoms with Gasteiger partial charge in [-0.25, -0.2) is 0 Å². The zero-order valence-electron chi connectivity index (χ0n) is 9.38. The van der Waals surface area contributed by atoms with Crippen molar-refractivity contribution in [3.05, 3.63) is 24.3 Å². The smallest absolute Gasteiger partial charge is 0.308 e. The number of rotatable bonds is 4. The maximum absolute atomic E-state index is 10.8. The summed E-state index contributed by atoms with van der Waals surface area (Å²) >= 11 is 0. The molecule has 1 aliphatic carbocycles. The third-order valence-corrected chi connectivity index (χ3v) is 3.04. The first-order valence-electron chi connectivity index (χ1n) is 5.23. The van der Waals surface area contributed by atoms with Crippen molar-refractivity contribution in [3.8, 4) is 5.75 Å². The van der Waals surface area contributed by atoms with Crippen molar-refractivity contribution < 1.29 is 14.6 Å². The summed E-state index contributed by atoms with van der Waals surface area (Å²) in [5.41, 5.74) is 0.943. The van der Waals surface area contributed by atoms with Crippen LogP contribution in [-0.2, 0) is 4.79 Å². The molecule has 2 unspecified atom stereocenters. The summed E-state index contributed by atoms with van der Waals surface area (Å²) in [7, 11) is 3.53. The molecule has 86 valence electrons. The van der Waals surface area contributed by atoms with Gasteiger partial charge in [-0.2, -0.15) is 0 Å². The normalized spacial score (nSPS) is 22.6. The molecule has 0 heterocycles. The molecule has 0 spiro atoms. The maximum Gasteiger partial charge on any atom is 0.308 e. The summed E-state index contributed by atoms with van der Waals surface area (Å²) in [5.74, 6) is -0.178. The number of hydrogen-bond donors (Lipinski definition) is 1. The zero-order chi connectivity index (χ0) is 11.7. The first-order valence-corrected chi connectivity index (χ1v) is 5.23. The summed E-state index contributed by atoms with van der Waals surface area (Å²) in [6.45, 7) is 0. The lowest BCUT2D eigenvalue weighted by Crippen LogP contribution is -2.23. The third-order valence-electron chi connectivity index (χ3n) is 3.04. The summed E-state index contributed by atoms with van der Waals surface area (Å²) in [4.78, 5) is 12.8. The van der Waals surface area contributed by atoms with E-state index in [1.807, 2.05) is 36.2 Å².